The summed E-state index contributed by atoms with van der Waals surface area (Å²) in [6.07, 6.45) is 0. The Labute approximate surface area is 111 Å². The second kappa shape index (κ2) is 5.35. The summed E-state index contributed by atoms with van der Waals surface area (Å²) in [5.41, 5.74) is 7.80. The molecular weight excluding hydrogens is 244 g/mol. The molecule has 0 aliphatic carbocycles. The molecule has 1 aromatic heterocycles. The molecule has 0 aliphatic heterocycles. The van der Waals surface area contributed by atoms with Gasteiger partial charge in [0.05, 0.1) is 0 Å². The normalized spacial score (nSPS) is 10.9. The first-order valence-corrected chi connectivity index (χ1v) is 6.79. The van der Waals surface area contributed by atoms with Gasteiger partial charge in [0, 0.05) is 18.3 Å². The minimum absolute atomic E-state index is 0.374. The first-order chi connectivity index (χ1) is 8.56. The lowest BCUT2D eigenvalue weighted by Crippen LogP contribution is -2.30. The number of aryl methyl sites for hydroxylation is 1. The standard InChI is InChI=1S/C13H18N4S/c1-9(2)17(13-16-15-10(3)18-13)8-11-5-4-6-12(14)7-11/h4-7,9H,8,14H2,1-3H3. The van der Waals surface area contributed by atoms with Crippen molar-refractivity contribution >= 4 is 22.2 Å². The van der Waals surface area contributed by atoms with E-state index in [-0.39, 0.29) is 0 Å². The fraction of sp³-hybridized carbons (Fsp3) is 0.385. The zero-order valence-electron chi connectivity index (χ0n) is 10.9. The van der Waals surface area contributed by atoms with E-state index < -0.39 is 0 Å². The molecule has 0 bridgehead atoms. The highest BCUT2D eigenvalue weighted by Crippen LogP contribution is 2.24. The summed E-state index contributed by atoms with van der Waals surface area (Å²) < 4.78 is 0. The molecule has 1 aromatic carbocycles. The largest absolute Gasteiger partial charge is 0.399 e. The van der Waals surface area contributed by atoms with Crippen LogP contribution in [-0.4, -0.2) is 16.2 Å². The van der Waals surface area contributed by atoms with Crippen molar-refractivity contribution in [2.75, 3.05) is 10.6 Å². The first kappa shape index (κ1) is 12.8. The number of hydrogen-bond acceptors (Lipinski definition) is 5. The molecule has 96 valence electrons. The molecule has 0 spiro atoms. The monoisotopic (exact) mass is 262 g/mol. The summed E-state index contributed by atoms with van der Waals surface area (Å²) >= 11 is 1.62. The molecule has 0 radical (unpaired) electrons. The molecule has 2 N–H and O–H groups in total. The highest BCUT2D eigenvalue weighted by Gasteiger charge is 2.15. The molecule has 0 atom stereocenters. The van der Waals surface area contributed by atoms with Gasteiger partial charge in [-0.3, -0.25) is 0 Å². The van der Waals surface area contributed by atoms with Gasteiger partial charge in [0.2, 0.25) is 5.13 Å². The van der Waals surface area contributed by atoms with Gasteiger partial charge in [-0.15, -0.1) is 10.2 Å². The summed E-state index contributed by atoms with van der Waals surface area (Å²) in [5, 5.41) is 10.3. The molecule has 0 unspecified atom stereocenters. The van der Waals surface area contributed by atoms with Crippen LogP contribution in [0.25, 0.3) is 0 Å². The van der Waals surface area contributed by atoms with Crippen molar-refractivity contribution in [3.8, 4) is 0 Å². The zero-order valence-corrected chi connectivity index (χ0v) is 11.7. The van der Waals surface area contributed by atoms with Gasteiger partial charge in [0.15, 0.2) is 0 Å². The van der Waals surface area contributed by atoms with Crippen LogP contribution in [0.3, 0.4) is 0 Å². The number of benzene rings is 1. The maximum Gasteiger partial charge on any atom is 0.208 e. The third kappa shape index (κ3) is 2.98. The van der Waals surface area contributed by atoms with E-state index >= 15 is 0 Å². The lowest BCUT2D eigenvalue weighted by atomic mass is 10.2. The molecule has 0 saturated carbocycles. The van der Waals surface area contributed by atoms with Crippen molar-refractivity contribution in [1.82, 2.24) is 10.2 Å². The van der Waals surface area contributed by atoms with E-state index in [1.165, 1.54) is 5.56 Å². The Kier molecular flexibility index (Phi) is 3.81. The van der Waals surface area contributed by atoms with E-state index in [1.54, 1.807) is 11.3 Å². The fourth-order valence-electron chi connectivity index (χ4n) is 1.76. The number of hydrogen-bond donors (Lipinski definition) is 1. The third-order valence-electron chi connectivity index (χ3n) is 2.69. The topological polar surface area (TPSA) is 55.0 Å². The van der Waals surface area contributed by atoms with Crippen LogP contribution in [0.1, 0.15) is 24.4 Å². The van der Waals surface area contributed by atoms with Gasteiger partial charge in [0.1, 0.15) is 5.01 Å². The number of nitrogen functional groups attached to an aromatic ring is 1. The van der Waals surface area contributed by atoms with Gasteiger partial charge >= 0.3 is 0 Å². The molecule has 0 aliphatic rings. The number of rotatable bonds is 4. The zero-order chi connectivity index (χ0) is 13.1. The number of aromatic nitrogens is 2. The minimum Gasteiger partial charge on any atom is -0.399 e. The number of nitrogens with zero attached hydrogens (tertiary/aromatic N) is 3. The average molecular weight is 262 g/mol. The Hall–Kier alpha value is -1.62. The van der Waals surface area contributed by atoms with E-state index in [0.717, 1.165) is 22.4 Å². The van der Waals surface area contributed by atoms with Gasteiger partial charge in [-0.2, -0.15) is 0 Å². The van der Waals surface area contributed by atoms with Crippen molar-refractivity contribution in [3.05, 3.63) is 34.8 Å². The third-order valence-corrected chi connectivity index (χ3v) is 3.56. The summed E-state index contributed by atoms with van der Waals surface area (Å²) in [6, 6.07) is 8.34. The number of anilines is 2. The molecule has 5 heteroatoms. The maximum atomic E-state index is 5.81. The van der Waals surface area contributed by atoms with Crippen molar-refractivity contribution in [2.24, 2.45) is 0 Å². The van der Waals surface area contributed by atoms with Crippen molar-refractivity contribution in [3.63, 3.8) is 0 Å². The molecule has 18 heavy (non-hydrogen) atoms. The van der Waals surface area contributed by atoms with E-state index in [0.29, 0.717) is 6.04 Å². The molecule has 4 nitrogen and oxygen atoms in total. The van der Waals surface area contributed by atoms with Crippen LogP contribution in [0.2, 0.25) is 0 Å². The Balaban J connectivity index is 2.22. The van der Waals surface area contributed by atoms with E-state index in [4.69, 9.17) is 5.73 Å². The highest BCUT2D eigenvalue weighted by atomic mass is 32.1. The van der Waals surface area contributed by atoms with Crippen molar-refractivity contribution in [2.45, 2.75) is 33.4 Å². The molecule has 0 amide bonds. The molecule has 1 heterocycles. The van der Waals surface area contributed by atoms with Crippen LogP contribution in [0, 0.1) is 6.92 Å². The van der Waals surface area contributed by atoms with Crippen molar-refractivity contribution < 1.29 is 0 Å². The average Bonchev–Trinajstić information content (AvgIpc) is 2.72. The predicted molar refractivity (Wildman–Crippen MR) is 76.8 cm³/mol. The van der Waals surface area contributed by atoms with E-state index in [9.17, 15) is 0 Å². The molecule has 2 aromatic rings. The summed E-state index contributed by atoms with van der Waals surface area (Å²) in [6.45, 7) is 7.09. The summed E-state index contributed by atoms with van der Waals surface area (Å²) in [7, 11) is 0. The lowest BCUT2D eigenvalue weighted by Gasteiger charge is -2.25. The van der Waals surface area contributed by atoms with Crippen molar-refractivity contribution in [1.29, 1.82) is 0 Å². The molecule has 0 saturated heterocycles. The smallest absolute Gasteiger partial charge is 0.208 e. The Bertz CT molecular complexity index is 521. The van der Waals surface area contributed by atoms with Crippen LogP contribution in [0.4, 0.5) is 10.8 Å². The van der Waals surface area contributed by atoms with Crippen LogP contribution in [0.5, 0.6) is 0 Å². The Morgan fingerprint density at radius 3 is 2.67 bits per heavy atom. The fourth-order valence-corrected chi connectivity index (χ4v) is 2.58. The van der Waals surface area contributed by atoms with Gasteiger partial charge in [-0.05, 0) is 38.5 Å². The van der Waals surface area contributed by atoms with Gasteiger partial charge in [0.25, 0.3) is 0 Å². The SMILES string of the molecule is Cc1nnc(N(Cc2cccc(N)c2)C(C)C)s1. The highest BCUT2D eigenvalue weighted by molar-refractivity contribution is 7.15. The van der Waals surface area contributed by atoms with Gasteiger partial charge in [-0.25, -0.2) is 0 Å². The summed E-state index contributed by atoms with van der Waals surface area (Å²) in [4.78, 5) is 2.24. The quantitative estimate of drug-likeness (QED) is 0.861. The lowest BCUT2D eigenvalue weighted by molar-refractivity contribution is 0.675. The van der Waals surface area contributed by atoms with Crippen LogP contribution in [-0.2, 0) is 6.54 Å². The molecular formula is C13H18N4S. The van der Waals surface area contributed by atoms with Gasteiger partial charge < -0.3 is 10.6 Å². The van der Waals surface area contributed by atoms with Crippen LogP contribution < -0.4 is 10.6 Å². The van der Waals surface area contributed by atoms with Gasteiger partial charge in [-0.1, -0.05) is 23.5 Å². The van der Waals surface area contributed by atoms with E-state index in [2.05, 4.69) is 35.0 Å². The molecule has 2 rings (SSSR count). The second-order valence-electron chi connectivity index (χ2n) is 4.57. The maximum absolute atomic E-state index is 5.81. The Morgan fingerprint density at radius 2 is 2.11 bits per heavy atom. The van der Waals surface area contributed by atoms with E-state index in [1.807, 2.05) is 25.1 Å². The second-order valence-corrected chi connectivity index (χ2v) is 5.73. The Morgan fingerprint density at radius 1 is 1.33 bits per heavy atom. The van der Waals surface area contributed by atoms with Crippen LogP contribution in [0.15, 0.2) is 24.3 Å². The predicted octanol–water partition coefficient (Wildman–Crippen LogP) is 2.84. The minimum atomic E-state index is 0.374. The van der Waals surface area contributed by atoms with Crippen LogP contribution >= 0.6 is 11.3 Å². The summed E-state index contributed by atoms with van der Waals surface area (Å²) in [5.74, 6) is 0. The molecule has 0 fully saturated rings. The first-order valence-electron chi connectivity index (χ1n) is 5.97. The number of nitrogens with two attached hydrogens (primary N) is 1.